The Bertz CT molecular complexity index is 1120. The molecule has 0 heterocycles. The number of fused-ring (bicyclic) bond motifs is 3. The van der Waals surface area contributed by atoms with Crippen LogP contribution in [0.1, 0.15) is 36.8 Å². The number of sulfone groups is 1. The summed E-state index contributed by atoms with van der Waals surface area (Å²) in [7, 11) is -3.28. The molecule has 0 fully saturated rings. The van der Waals surface area contributed by atoms with Crippen molar-refractivity contribution in [1.29, 1.82) is 0 Å². The predicted molar refractivity (Wildman–Crippen MR) is 126 cm³/mol. The molecule has 1 aliphatic carbocycles. The van der Waals surface area contributed by atoms with Gasteiger partial charge in [0.15, 0.2) is 9.84 Å². The van der Waals surface area contributed by atoms with Crippen LogP contribution in [-0.4, -0.2) is 62.2 Å². The van der Waals surface area contributed by atoms with E-state index in [2.05, 4.69) is 10.6 Å². The van der Waals surface area contributed by atoms with Crippen molar-refractivity contribution < 1.29 is 32.6 Å². The van der Waals surface area contributed by atoms with Gasteiger partial charge in [0.25, 0.3) is 0 Å². The van der Waals surface area contributed by atoms with Crippen LogP contribution in [0, 0.1) is 0 Å². The van der Waals surface area contributed by atoms with Crippen molar-refractivity contribution in [3.05, 3.63) is 59.7 Å². The van der Waals surface area contributed by atoms with Crippen LogP contribution in [0.15, 0.2) is 48.5 Å². The standard InChI is InChI=1S/C24H28N2O7S/c1-2-34(31,32)14-13-25-23(29)21(11-12-22(27)28)26-24(30)33-15-20-18-9-5-3-7-16(18)17-8-4-6-10-19(17)20/h3-10,20-21H,2,11-15H2,1H3,(H,25,29)(H,26,30)(H,27,28). The predicted octanol–water partition coefficient (Wildman–Crippen LogP) is 2.31. The molecular formula is C24H28N2O7S. The summed E-state index contributed by atoms with van der Waals surface area (Å²) >= 11 is 0. The lowest BCUT2D eigenvalue weighted by Crippen LogP contribution is -2.48. The zero-order valence-electron chi connectivity index (χ0n) is 18.8. The minimum absolute atomic E-state index is 0.0435. The number of aliphatic carboxylic acids is 1. The Hall–Kier alpha value is -3.40. The van der Waals surface area contributed by atoms with Gasteiger partial charge in [-0.25, -0.2) is 13.2 Å². The molecule has 0 aromatic heterocycles. The summed E-state index contributed by atoms with van der Waals surface area (Å²) in [5.74, 6) is -2.25. The van der Waals surface area contributed by atoms with E-state index in [1.54, 1.807) is 0 Å². The summed E-state index contributed by atoms with van der Waals surface area (Å²) in [6.45, 7) is 1.42. The smallest absolute Gasteiger partial charge is 0.407 e. The first-order chi connectivity index (χ1) is 16.2. The quantitative estimate of drug-likeness (QED) is 0.441. The Balaban J connectivity index is 1.62. The molecule has 10 heteroatoms. The van der Waals surface area contributed by atoms with Gasteiger partial charge in [-0.15, -0.1) is 0 Å². The second-order valence-electron chi connectivity index (χ2n) is 7.98. The van der Waals surface area contributed by atoms with Gasteiger partial charge in [0.05, 0.1) is 5.75 Å². The molecule has 2 aromatic carbocycles. The monoisotopic (exact) mass is 488 g/mol. The molecule has 34 heavy (non-hydrogen) atoms. The third-order valence-corrected chi connectivity index (χ3v) is 7.46. The van der Waals surface area contributed by atoms with Crippen LogP contribution in [-0.2, 0) is 24.2 Å². The average molecular weight is 489 g/mol. The lowest BCUT2D eigenvalue weighted by atomic mass is 9.98. The fraction of sp³-hybridized carbons (Fsp3) is 0.375. The van der Waals surface area contributed by atoms with Crippen LogP contribution in [0.25, 0.3) is 11.1 Å². The number of rotatable bonds is 11. The van der Waals surface area contributed by atoms with Gasteiger partial charge in [-0.3, -0.25) is 9.59 Å². The minimum atomic E-state index is -3.28. The van der Waals surface area contributed by atoms with Crippen molar-refractivity contribution in [2.75, 3.05) is 24.7 Å². The van der Waals surface area contributed by atoms with Crippen molar-refractivity contribution in [1.82, 2.24) is 10.6 Å². The van der Waals surface area contributed by atoms with Crippen molar-refractivity contribution in [2.45, 2.75) is 31.7 Å². The van der Waals surface area contributed by atoms with E-state index in [0.29, 0.717) is 0 Å². The van der Waals surface area contributed by atoms with Crippen molar-refractivity contribution in [3.8, 4) is 11.1 Å². The Labute approximate surface area is 198 Å². The third kappa shape index (κ3) is 6.34. The Kier molecular flexibility index (Phi) is 8.27. The van der Waals surface area contributed by atoms with E-state index in [1.165, 1.54) is 6.92 Å². The first-order valence-electron chi connectivity index (χ1n) is 11.0. The lowest BCUT2D eigenvalue weighted by Gasteiger charge is -2.19. The van der Waals surface area contributed by atoms with Crippen LogP contribution < -0.4 is 10.6 Å². The number of hydrogen-bond acceptors (Lipinski definition) is 6. The highest BCUT2D eigenvalue weighted by Crippen LogP contribution is 2.44. The maximum Gasteiger partial charge on any atom is 0.407 e. The van der Waals surface area contributed by atoms with E-state index < -0.39 is 33.8 Å². The molecule has 9 nitrogen and oxygen atoms in total. The van der Waals surface area contributed by atoms with Crippen LogP contribution in [0.4, 0.5) is 4.79 Å². The van der Waals surface area contributed by atoms with Crippen LogP contribution >= 0.6 is 0 Å². The molecule has 3 N–H and O–H groups in total. The molecule has 1 aliphatic rings. The van der Waals surface area contributed by atoms with Crippen molar-refractivity contribution >= 4 is 27.8 Å². The minimum Gasteiger partial charge on any atom is -0.481 e. The zero-order chi connectivity index (χ0) is 24.7. The first kappa shape index (κ1) is 25.2. The Morgan fingerprint density at radius 2 is 1.62 bits per heavy atom. The molecule has 2 aromatic rings. The van der Waals surface area contributed by atoms with Gasteiger partial charge in [0, 0.05) is 24.6 Å². The molecule has 0 bridgehead atoms. The van der Waals surface area contributed by atoms with E-state index in [0.717, 1.165) is 22.3 Å². The second-order valence-corrected chi connectivity index (χ2v) is 10.5. The molecule has 2 amide bonds. The van der Waals surface area contributed by atoms with Crippen molar-refractivity contribution in [3.63, 3.8) is 0 Å². The van der Waals surface area contributed by atoms with Crippen LogP contribution in [0.5, 0.6) is 0 Å². The number of benzene rings is 2. The molecule has 0 saturated carbocycles. The molecule has 1 atom stereocenters. The van der Waals surface area contributed by atoms with Gasteiger partial charge in [0.1, 0.15) is 12.6 Å². The highest BCUT2D eigenvalue weighted by atomic mass is 32.2. The topological polar surface area (TPSA) is 139 Å². The van der Waals surface area contributed by atoms with Gasteiger partial charge < -0.3 is 20.5 Å². The van der Waals surface area contributed by atoms with E-state index in [9.17, 15) is 22.8 Å². The number of amides is 2. The second kappa shape index (κ2) is 11.1. The number of hydrogen-bond donors (Lipinski definition) is 3. The summed E-state index contributed by atoms with van der Waals surface area (Å²) < 4.78 is 28.7. The average Bonchev–Trinajstić information content (AvgIpc) is 3.14. The SMILES string of the molecule is CCS(=O)(=O)CCNC(=O)C(CCC(=O)O)NC(=O)OCC1c2ccccc2-c2ccccc21. The molecular weight excluding hydrogens is 460 g/mol. The number of carbonyl (C=O) groups is 3. The summed E-state index contributed by atoms with van der Waals surface area (Å²) in [6, 6.07) is 14.6. The summed E-state index contributed by atoms with van der Waals surface area (Å²) in [5.41, 5.74) is 4.23. The summed E-state index contributed by atoms with van der Waals surface area (Å²) in [5, 5.41) is 13.8. The molecule has 0 radical (unpaired) electrons. The molecule has 1 unspecified atom stereocenters. The highest BCUT2D eigenvalue weighted by molar-refractivity contribution is 7.91. The van der Waals surface area contributed by atoms with Gasteiger partial charge >= 0.3 is 12.1 Å². The molecule has 0 saturated heterocycles. The fourth-order valence-electron chi connectivity index (χ4n) is 3.92. The largest absolute Gasteiger partial charge is 0.481 e. The maximum atomic E-state index is 12.5. The molecule has 0 aliphatic heterocycles. The van der Waals surface area contributed by atoms with Gasteiger partial charge in [-0.1, -0.05) is 55.5 Å². The number of carbonyl (C=O) groups excluding carboxylic acids is 2. The molecule has 0 spiro atoms. The van der Waals surface area contributed by atoms with Crippen LogP contribution in [0.2, 0.25) is 0 Å². The number of nitrogens with one attached hydrogen (secondary N) is 2. The Morgan fingerprint density at radius 1 is 1.03 bits per heavy atom. The van der Waals surface area contributed by atoms with Crippen LogP contribution in [0.3, 0.4) is 0 Å². The number of carboxylic acid groups (broad SMARTS) is 1. The molecule has 3 rings (SSSR count). The zero-order valence-corrected chi connectivity index (χ0v) is 19.6. The number of ether oxygens (including phenoxy) is 1. The summed E-state index contributed by atoms with van der Waals surface area (Å²) in [4.78, 5) is 36.0. The van der Waals surface area contributed by atoms with Gasteiger partial charge in [0.2, 0.25) is 5.91 Å². The molecule has 182 valence electrons. The lowest BCUT2D eigenvalue weighted by molar-refractivity contribution is -0.137. The number of alkyl carbamates (subject to hydrolysis) is 1. The highest BCUT2D eigenvalue weighted by Gasteiger charge is 2.30. The Morgan fingerprint density at radius 3 is 2.18 bits per heavy atom. The van der Waals surface area contributed by atoms with E-state index >= 15 is 0 Å². The van der Waals surface area contributed by atoms with E-state index in [-0.39, 0.29) is 43.4 Å². The van der Waals surface area contributed by atoms with E-state index in [1.807, 2.05) is 48.5 Å². The van der Waals surface area contributed by atoms with E-state index in [4.69, 9.17) is 9.84 Å². The first-order valence-corrected chi connectivity index (χ1v) is 12.9. The fourth-order valence-corrected chi connectivity index (χ4v) is 4.62. The normalized spacial score (nSPS) is 13.4. The summed E-state index contributed by atoms with van der Waals surface area (Å²) in [6.07, 6.45) is -1.37. The maximum absolute atomic E-state index is 12.5. The van der Waals surface area contributed by atoms with Gasteiger partial charge in [-0.05, 0) is 28.7 Å². The third-order valence-electron chi connectivity index (χ3n) is 5.75. The number of carboxylic acids is 1. The van der Waals surface area contributed by atoms with Gasteiger partial charge in [-0.2, -0.15) is 0 Å². The van der Waals surface area contributed by atoms with Crippen molar-refractivity contribution in [2.24, 2.45) is 0 Å².